The topological polar surface area (TPSA) is 79.5 Å². The second-order valence-electron chi connectivity index (χ2n) is 10.1. The van der Waals surface area contributed by atoms with E-state index in [1.165, 1.54) is 27.4 Å². The molecular formula is C27H24N2O4S2. The minimum Gasteiger partial charge on any atom is -0.497 e. The first-order valence-corrected chi connectivity index (χ1v) is 13.6. The summed E-state index contributed by atoms with van der Waals surface area (Å²) in [6.45, 7) is 2.07. The van der Waals surface area contributed by atoms with Gasteiger partial charge in [0.25, 0.3) is 0 Å². The summed E-state index contributed by atoms with van der Waals surface area (Å²) in [6.07, 6.45) is 0.896. The van der Waals surface area contributed by atoms with Gasteiger partial charge in [-0.2, -0.15) is 0 Å². The van der Waals surface area contributed by atoms with Gasteiger partial charge < -0.3 is 9.72 Å². The summed E-state index contributed by atoms with van der Waals surface area (Å²) < 4.78 is 5.25. The number of fused-ring (bicyclic) bond motifs is 9. The predicted octanol–water partition coefficient (Wildman–Crippen LogP) is 4.43. The van der Waals surface area contributed by atoms with Crippen LogP contribution in [0.3, 0.4) is 0 Å². The molecule has 4 aliphatic rings. The van der Waals surface area contributed by atoms with Crippen molar-refractivity contribution >= 4 is 40.6 Å². The van der Waals surface area contributed by atoms with Crippen molar-refractivity contribution in [3.63, 3.8) is 0 Å². The maximum Gasteiger partial charge on any atom is 0.305 e. The fraction of sp³-hybridized carbons (Fsp3) is 0.370. The Bertz CT molecular complexity index is 1410. The Kier molecular flexibility index (Phi) is 4.64. The fourth-order valence-electron chi connectivity index (χ4n) is 7.15. The number of amides is 2. The number of imide groups is 1. The van der Waals surface area contributed by atoms with E-state index in [9.17, 15) is 14.4 Å². The number of carbonyl (C=O) groups is 2. The third kappa shape index (κ3) is 2.93. The summed E-state index contributed by atoms with van der Waals surface area (Å²) in [5.41, 5.74) is 3.00. The first-order valence-electron chi connectivity index (χ1n) is 11.9. The third-order valence-corrected chi connectivity index (χ3v) is 11.1. The zero-order chi connectivity index (χ0) is 24.0. The molecule has 35 heavy (non-hydrogen) atoms. The molecule has 8 heteroatoms. The number of thioether (sulfide) groups is 1. The van der Waals surface area contributed by atoms with Crippen molar-refractivity contribution in [2.45, 2.75) is 29.5 Å². The molecule has 7 atom stereocenters. The van der Waals surface area contributed by atoms with E-state index < -0.39 is 0 Å². The fourth-order valence-corrected chi connectivity index (χ4v) is 10.0. The highest BCUT2D eigenvalue weighted by Gasteiger charge is 2.69. The van der Waals surface area contributed by atoms with Crippen LogP contribution in [0.15, 0.2) is 58.4 Å². The van der Waals surface area contributed by atoms with Gasteiger partial charge in [-0.15, -0.1) is 11.8 Å². The van der Waals surface area contributed by atoms with Gasteiger partial charge in [-0.3, -0.25) is 19.3 Å². The van der Waals surface area contributed by atoms with E-state index in [1.54, 1.807) is 43.1 Å². The van der Waals surface area contributed by atoms with Crippen LogP contribution in [0.25, 0.3) is 0 Å². The van der Waals surface area contributed by atoms with Gasteiger partial charge >= 0.3 is 4.87 Å². The lowest BCUT2D eigenvalue weighted by atomic mass is 9.68. The lowest BCUT2D eigenvalue weighted by Crippen LogP contribution is -2.42. The number of ether oxygens (including phenoxy) is 1. The molecule has 1 N–H and O–H groups in total. The summed E-state index contributed by atoms with van der Waals surface area (Å²) in [4.78, 5) is 45.3. The molecule has 0 spiro atoms. The Morgan fingerprint density at radius 2 is 1.63 bits per heavy atom. The molecule has 2 amide bonds. The second kappa shape index (κ2) is 7.58. The summed E-state index contributed by atoms with van der Waals surface area (Å²) in [5.74, 6) is 0.510. The molecule has 2 saturated carbocycles. The van der Waals surface area contributed by atoms with Crippen LogP contribution in [0.1, 0.15) is 28.3 Å². The number of benzene rings is 2. The van der Waals surface area contributed by atoms with Crippen molar-refractivity contribution in [2.75, 3.05) is 12.0 Å². The number of rotatable bonds is 3. The van der Waals surface area contributed by atoms with Crippen molar-refractivity contribution in [3.8, 4) is 5.75 Å². The number of aromatic nitrogens is 1. The van der Waals surface area contributed by atoms with Crippen LogP contribution in [0, 0.1) is 36.5 Å². The van der Waals surface area contributed by atoms with Gasteiger partial charge in [0, 0.05) is 16.0 Å². The molecule has 3 fully saturated rings. The molecule has 1 aromatic heterocycles. The Balaban J connectivity index is 1.30. The maximum atomic E-state index is 13.8. The van der Waals surface area contributed by atoms with E-state index in [0.29, 0.717) is 11.4 Å². The Morgan fingerprint density at radius 1 is 0.943 bits per heavy atom. The number of hydrogen-bond acceptors (Lipinski definition) is 6. The van der Waals surface area contributed by atoms with Crippen molar-refractivity contribution in [1.29, 1.82) is 0 Å². The molecule has 2 aliphatic carbocycles. The van der Waals surface area contributed by atoms with E-state index in [1.807, 2.05) is 0 Å². The third-order valence-electron chi connectivity index (χ3n) is 8.49. The maximum absolute atomic E-state index is 13.8. The summed E-state index contributed by atoms with van der Waals surface area (Å²) in [6, 6.07) is 15.7. The number of aryl methyl sites for hydroxylation is 1. The molecule has 6 nitrogen and oxygen atoms in total. The molecule has 2 aromatic carbocycles. The number of H-pyrrole nitrogens is 1. The average molecular weight is 505 g/mol. The molecule has 7 rings (SSSR count). The van der Waals surface area contributed by atoms with Gasteiger partial charge in [0.15, 0.2) is 0 Å². The quantitative estimate of drug-likeness (QED) is 0.534. The zero-order valence-electron chi connectivity index (χ0n) is 19.3. The number of nitrogens with zero attached hydrogens (tertiary/aromatic N) is 1. The number of hydrogen-bond donors (Lipinski definition) is 1. The van der Waals surface area contributed by atoms with Crippen LogP contribution < -0.4 is 14.5 Å². The van der Waals surface area contributed by atoms with Crippen molar-refractivity contribution in [3.05, 3.63) is 74.2 Å². The Labute approximate surface area is 210 Å². The van der Waals surface area contributed by atoms with Gasteiger partial charge in [-0.1, -0.05) is 41.2 Å². The molecule has 3 heterocycles. The molecule has 3 aromatic rings. The van der Waals surface area contributed by atoms with Gasteiger partial charge in [-0.05, 0) is 60.9 Å². The van der Waals surface area contributed by atoms with E-state index in [4.69, 9.17) is 4.74 Å². The largest absolute Gasteiger partial charge is 0.497 e. The summed E-state index contributed by atoms with van der Waals surface area (Å²) in [7, 11) is 1.60. The van der Waals surface area contributed by atoms with Gasteiger partial charge in [0.2, 0.25) is 11.8 Å². The number of aromatic amines is 1. The van der Waals surface area contributed by atoms with Crippen LogP contribution in [0.5, 0.6) is 5.75 Å². The van der Waals surface area contributed by atoms with Crippen molar-refractivity contribution in [1.82, 2.24) is 4.98 Å². The standard InChI is InChI=1S/C27H24N2O4S2/c1-12-3-5-13(6-4-12)18-19-16-11-17(22(19)34-24-23(18)35-27(32)28-24)21-20(16)25(30)29(26(21)31)14-7-9-15(33-2)10-8-14/h3-10,16-22H,11H2,1-2H3,(H,28,32)/t16-,17-,18-,19-,20+,21-,22-/m1/s1. The van der Waals surface area contributed by atoms with E-state index >= 15 is 0 Å². The number of thiazole rings is 1. The van der Waals surface area contributed by atoms with Crippen molar-refractivity contribution < 1.29 is 14.3 Å². The molecule has 0 radical (unpaired) electrons. The highest BCUT2D eigenvalue weighted by atomic mass is 32.2. The first kappa shape index (κ1) is 21.4. The minimum absolute atomic E-state index is 0.0371. The highest BCUT2D eigenvalue weighted by molar-refractivity contribution is 8.00. The normalized spacial score (nSPS) is 32.5. The summed E-state index contributed by atoms with van der Waals surface area (Å²) >= 11 is 3.02. The highest BCUT2D eigenvalue weighted by Crippen LogP contribution is 2.68. The monoisotopic (exact) mass is 504 g/mol. The van der Waals surface area contributed by atoms with Crippen LogP contribution in [-0.2, 0) is 9.59 Å². The van der Waals surface area contributed by atoms with Crippen LogP contribution in [0.4, 0.5) is 5.69 Å². The molecule has 2 bridgehead atoms. The number of nitrogens with one attached hydrogen (secondary N) is 1. The Morgan fingerprint density at radius 3 is 2.31 bits per heavy atom. The van der Waals surface area contributed by atoms with Crippen LogP contribution >= 0.6 is 23.1 Å². The average Bonchev–Trinajstić information content (AvgIpc) is 3.59. The van der Waals surface area contributed by atoms with E-state index in [0.717, 1.165) is 16.3 Å². The van der Waals surface area contributed by atoms with Crippen molar-refractivity contribution in [2.24, 2.45) is 29.6 Å². The number of carbonyl (C=O) groups excluding carboxylic acids is 2. The predicted molar refractivity (Wildman–Crippen MR) is 135 cm³/mol. The van der Waals surface area contributed by atoms with E-state index in [-0.39, 0.29) is 57.4 Å². The van der Waals surface area contributed by atoms with Crippen LogP contribution in [0.2, 0.25) is 0 Å². The Hall–Kier alpha value is -2.84. The second-order valence-corrected chi connectivity index (χ2v) is 12.3. The number of methoxy groups -OCH3 is 1. The van der Waals surface area contributed by atoms with E-state index in [2.05, 4.69) is 36.2 Å². The van der Waals surface area contributed by atoms with Gasteiger partial charge in [-0.25, -0.2) is 0 Å². The number of anilines is 1. The summed E-state index contributed by atoms with van der Waals surface area (Å²) in [5, 5.41) is 1.15. The lowest BCUT2D eigenvalue weighted by Gasteiger charge is -2.43. The molecule has 1 saturated heterocycles. The van der Waals surface area contributed by atoms with Crippen LogP contribution in [-0.4, -0.2) is 29.2 Å². The SMILES string of the molecule is COc1ccc(N2C(=O)[C@@H]3[C@H]4C[C@@H]([C@@H]3C2=O)[C@@H]2[C@@H](c3ccc(C)cc3)c3sc(=O)[nH]c3S[C@H]42)cc1. The molecule has 2 aliphatic heterocycles. The zero-order valence-corrected chi connectivity index (χ0v) is 20.9. The smallest absolute Gasteiger partial charge is 0.305 e. The molecule has 0 unspecified atom stereocenters. The minimum atomic E-state index is -0.290. The lowest BCUT2D eigenvalue weighted by molar-refractivity contribution is -0.123. The molecular weight excluding hydrogens is 480 g/mol. The van der Waals surface area contributed by atoms with Gasteiger partial charge in [0.1, 0.15) is 5.75 Å². The first-order chi connectivity index (χ1) is 17.0. The van der Waals surface area contributed by atoms with Gasteiger partial charge in [0.05, 0.1) is 29.7 Å². The molecule has 178 valence electrons.